The maximum atomic E-state index is 5.99. The molecule has 0 unspecified atom stereocenters. The summed E-state index contributed by atoms with van der Waals surface area (Å²) in [5, 5.41) is 0.403. The van der Waals surface area contributed by atoms with Crippen LogP contribution in [0.5, 0.6) is 11.6 Å². The van der Waals surface area contributed by atoms with Gasteiger partial charge in [0.05, 0.1) is 0 Å². The normalized spacial score (nSPS) is 11.4. The number of rotatable bonds is 3. The minimum absolute atomic E-state index is 0.000997. The lowest BCUT2D eigenvalue weighted by atomic mass is 9.86. The molecule has 0 N–H and O–H groups in total. The van der Waals surface area contributed by atoms with E-state index in [0.29, 0.717) is 16.9 Å². The second kappa shape index (κ2) is 5.80. The van der Waals surface area contributed by atoms with Crippen LogP contribution in [-0.2, 0) is 11.8 Å². The summed E-state index contributed by atoms with van der Waals surface area (Å²) in [6.45, 7) is 8.44. The summed E-state index contributed by atoms with van der Waals surface area (Å²) in [6.07, 6.45) is 0.720. The molecule has 0 atom stereocenters. The van der Waals surface area contributed by atoms with E-state index in [-0.39, 0.29) is 5.41 Å². The topological polar surface area (TPSA) is 35.0 Å². The molecule has 1 aromatic heterocycles. The number of aromatic nitrogens is 2. The number of nitrogens with zero attached hydrogens (tertiary/aromatic N) is 2. The SMILES string of the molecule is CCc1nc(Cl)cc(Oc2ccccc2C(C)(C)C)n1. The van der Waals surface area contributed by atoms with E-state index in [1.165, 1.54) is 0 Å². The molecule has 0 radical (unpaired) electrons. The Morgan fingerprint density at radius 1 is 1.15 bits per heavy atom. The molecule has 2 rings (SSSR count). The highest BCUT2D eigenvalue weighted by Crippen LogP contribution is 2.33. The van der Waals surface area contributed by atoms with Crippen molar-refractivity contribution in [2.75, 3.05) is 0 Å². The van der Waals surface area contributed by atoms with E-state index in [1.54, 1.807) is 6.07 Å². The number of halogens is 1. The van der Waals surface area contributed by atoms with Crippen LogP contribution in [0.3, 0.4) is 0 Å². The highest BCUT2D eigenvalue weighted by Gasteiger charge is 2.19. The first-order valence-electron chi connectivity index (χ1n) is 6.71. The van der Waals surface area contributed by atoms with Crippen LogP contribution in [0.4, 0.5) is 0 Å². The number of ether oxygens (including phenoxy) is 1. The quantitative estimate of drug-likeness (QED) is 0.763. The number of aryl methyl sites for hydroxylation is 1. The van der Waals surface area contributed by atoms with Gasteiger partial charge in [0.25, 0.3) is 0 Å². The summed E-state index contributed by atoms with van der Waals surface area (Å²) >= 11 is 5.99. The van der Waals surface area contributed by atoms with Crippen molar-refractivity contribution >= 4 is 11.6 Å². The van der Waals surface area contributed by atoms with E-state index in [2.05, 4.69) is 36.8 Å². The van der Waals surface area contributed by atoms with Crippen LogP contribution >= 0.6 is 11.6 Å². The monoisotopic (exact) mass is 290 g/mol. The van der Waals surface area contributed by atoms with Crippen LogP contribution < -0.4 is 4.74 Å². The first-order valence-corrected chi connectivity index (χ1v) is 7.08. The summed E-state index contributed by atoms with van der Waals surface area (Å²) in [7, 11) is 0. The van der Waals surface area contributed by atoms with Gasteiger partial charge in [-0.2, -0.15) is 4.98 Å². The highest BCUT2D eigenvalue weighted by molar-refractivity contribution is 6.29. The van der Waals surface area contributed by atoms with Gasteiger partial charge in [-0.25, -0.2) is 4.98 Å². The smallest absolute Gasteiger partial charge is 0.224 e. The molecule has 0 amide bonds. The van der Waals surface area contributed by atoms with Crippen molar-refractivity contribution in [1.29, 1.82) is 0 Å². The largest absolute Gasteiger partial charge is 0.439 e. The zero-order valence-electron chi connectivity index (χ0n) is 12.3. The molecule has 1 aromatic carbocycles. The summed E-state index contributed by atoms with van der Waals surface area (Å²) in [4.78, 5) is 8.49. The predicted molar refractivity (Wildman–Crippen MR) is 81.6 cm³/mol. The molecule has 2 aromatic rings. The molecule has 0 aliphatic carbocycles. The Morgan fingerprint density at radius 3 is 2.50 bits per heavy atom. The predicted octanol–water partition coefficient (Wildman–Crippen LogP) is 4.78. The van der Waals surface area contributed by atoms with E-state index >= 15 is 0 Å². The van der Waals surface area contributed by atoms with E-state index in [1.807, 2.05) is 25.1 Å². The highest BCUT2D eigenvalue weighted by atomic mass is 35.5. The van der Waals surface area contributed by atoms with Crippen LogP contribution in [0.1, 0.15) is 39.1 Å². The van der Waals surface area contributed by atoms with Crippen molar-refractivity contribution in [3.63, 3.8) is 0 Å². The summed E-state index contributed by atoms with van der Waals surface area (Å²) in [5.74, 6) is 1.97. The zero-order valence-corrected chi connectivity index (χ0v) is 13.0. The van der Waals surface area contributed by atoms with E-state index in [4.69, 9.17) is 16.3 Å². The molecule has 106 valence electrons. The van der Waals surface area contributed by atoms with Crippen molar-refractivity contribution in [3.05, 3.63) is 46.9 Å². The fourth-order valence-electron chi connectivity index (χ4n) is 1.94. The Balaban J connectivity index is 2.38. The van der Waals surface area contributed by atoms with Crippen LogP contribution in [0.15, 0.2) is 30.3 Å². The zero-order chi connectivity index (χ0) is 14.8. The Morgan fingerprint density at radius 2 is 1.85 bits per heavy atom. The maximum Gasteiger partial charge on any atom is 0.224 e. The minimum Gasteiger partial charge on any atom is -0.439 e. The number of para-hydroxylation sites is 1. The third-order valence-corrected chi connectivity index (χ3v) is 3.14. The third kappa shape index (κ3) is 3.48. The second-order valence-corrected chi connectivity index (χ2v) is 6.03. The van der Waals surface area contributed by atoms with Crippen molar-refractivity contribution in [3.8, 4) is 11.6 Å². The summed E-state index contributed by atoms with van der Waals surface area (Å²) in [5.41, 5.74) is 1.13. The Bertz CT molecular complexity index is 606. The molecular weight excluding hydrogens is 272 g/mol. The first kappa shape index (κ1) is 14.8. The Kier molecular flexibility index (Phi) is 4.29. The number of hydrogen-bond acceptors (Lipinski definition) is 3. The molecule has 0 spiro atoms. The van der Waals surface area contributed by atoms with Gasteiger partial charge in [0.2, 0.25) is 5.88 Å². The van der Waals surface area contributed by atoms with Crippen molar-refractivity contribution in [2.24, 2.45) is 0 Å². The van der Waals surface area contributed by atoms with Crippen LogP contribution in [0.2, 0.25) is 5.15 Å². The van der Waals surface area contributed by atoms with Crippen molar-refractivity contribution in [2.45, 2.75) is 39.5 Å². The minimum atomic E-state index is 0.000997. The molecule has 1 heterocycles. The van der Waals surface area contributed by atoms with Gasteiger partial charge in [0.1, 0.15) is 16.7 Å². The molecule has 0 aliphatic rings. The average Bonchev–Trinajstić information content (AvgIpc) is 2.37. The fraction of sp³-hybridized carbons (Fsp3) is 0.375. The lowest BCUT2D eigenvalue weighted by Crippen LogP contribution is -2.12. The van der Waals surface area contributed by atoms with Gasteiger partial charge >= 0.3 is 0 Å². The molecule has 3 nitrogen and oxygen atoms in total. The molecular formula is C16H19ClN2O. The molecule has 0 fully saturated rings. The molecule has 4 heteroatoms. The molecule has 0 saturated carbocycles. The van der Waals surface area contributed by atoms with Crippen LogP contribution in [0.25, 0.3) is 0 Å². The Hall–Kier alpha value is -1.61. The second-order valence-electron chi connectivity index (χ2n) is 5.65. The lowest BCUT2D eigenvalue weighted by Gasteiger charge is -2.22. The third-order valence-electron chi connectivity index (χ3n) is 2.94. The fourth-order valence-corrected chi connectivity index (χ4v) is 2.13. The maximum absolute atomic E-state index is 5.99. The Labute approximate surface area is 125 Å². The van der Waals surface area contributed by atoms with Crippen LogP contribution in [0, 0.1) is 0 Å². The van der Waals surface area contributed by atoms with E-state index in [9.17, 15) is 0 Å². The average molecular weight is 291 g/mol. The first-order chi connectivity index (χ1) is 9.40. The van der Waals surface area contributed by atoms with Gasteiger partial charge in [-0.05, 0) is 11.5 Å². The number of benzene rings is 1. The summed E-state index contributed by atoms with van der Waals surface area (Å²) < 4.78 is 5.92. The standard InChI is InChI=1S/C16H19ClN2O/c1-5-14-18-13(17)10-15(19-14)20-12-9-7-6-8-11(12)16(2,3)4/h6-10H,5H2,1-4H3. The van der Waals surface area contributed by atoms with Gasteiger partial charge in [0.15, 0.2) is 0 Å². The van der Waals surface area contributed by atoms with Crippen LogP contribution in [-0.4, -0.2) is 9.97 Å². The van der Waals surface area contributed by atoms with Crippen molar-refractivity contribution < 1.29 is 4.74 Å². The van der Waals surface area contributed by atoms with E-state index < -0.39 is 0 Å². The van der Waals surface area contributed by atoms with Crippen molar-refractivity contribution in [1.82, 2.24) is 9.97 Å². The van der Waals surface area contributed by atoms with Gasteiger partial charge < -0.3 is 4.74 Å². The van der Waals surface area contributed by atoms with Gasteiger partial charge in [-0.15, -0.1) is 0 Å². The van der Waals surface area contributed by atoms with E-state index in [0.717, 1.165) is 17.7 Å². The molecule has 0 saturated heterocycles. The molecule has 0 aliphatic heterocycles. The molecule has 0 bridgehead atoms. The lowest BCUT2D eigenvalue weighted by molar-refractivity contribution is 0.437. The van der Waals surface area contributed by atoms with Gasteiger partial charge in [-0.1, -0.05) is 57.5 Å². The molecule has 20 heavy (non-hydrogen) atoms. The summed E-state index contributed by atoms with van der Waals surface area (Å²) in [6, 6.07) is 9.62. The van der Waals surface area contributed by atoms with Gasteiger partial charge in [0, 0.05) is 18.1 Å². The van der Waals surface area contributed by atoms with Gasteiger partial charge in [-0.3, -0.25) is 0 Å². The number of hydrogen-bond donors (Lipinski definition) is 0.